The predicted molar refractivity (Wildman–Crippen MR) is 68.8 cm³/mol. The maximum absolute atomic E-state index is 12.8. The van der Waals surface area contributed by atoms with Crippen LogP contribution in [0.5, 0.6) is 0 Å². The van der Waals surface area contributed by atoms with Gasteiger partial charge in [0.25, 0.3) is 0 Å². The number of halogens is 2. The summed E-state index contributed by atoms with van der Waals surface area (Å²) in [5.74, 6) is 2.19. The average molecular weight is 260 g/mol. The topological polar surface area (TPSA) is 12.0 Å². The number of hydrogen-bond acceptors (Lipinski definition) is 2. The molecule has 1 fully saturated rings. The van der Waals surface area contributed by atoms with Gasteiger partial charge in [-0.15, -0.1) is 0 Å². The number of benzene rings is 1. The maximum atomic E-state index is 12.8. The van der Waals surface area contributed by atoms with Gasteiger partial charge in [0.15, 0.2) is 0 Å². The van der Waals surface area contributed by atoms with Crippen molar-refractivity contribution >= 4 is 23.4 Å². The van der Waals surface area contributed by atoms with E-state index in [1.807, 2.05) is 11.8 Å². The Kier molecular flexibility index (Phi) is 4.50. The Bertz CT molecular complexity index is 353. The van der Waals surface area contributed by atoms with Crippen LogP contribution in [0.3, 0.4) is 0 Å². The molecule has 1 N–H and O–H groups in total. The fraction of sp³-hybridized carbons (Fsp3) is 0.500. The SMILES string of the molecule is Fc1ccc(CCNC2CCSC2)c(Cl)c1. The molecule has 4 heteroatoms. The molecule has 1 nitrogen and oxygen atoms in total. The highest BCUT2D eigenvalue weighted by Crippen LogP contribution is 2.19. The lowest BCUT2D eigenvalue weighted by atomic mass is 10.1. The van der Waals surface area contributed by atoms with Crippen LogP contribution in [0, 0.1) is 5.82 Å². The zero-order valence-corrected chi connectivity index (χ0v) is 10.6. The highest BCUT2D eigenvalue weighted by molar-refractivity contribution is 7.99. The molecular weight excluding hydrogens is 245 g/mol. The van der Waals surface area contributed by atoms with Crippen molar-refractivity contribution < 1.29 is 4.39 Å². The number of thioether (sulfide) groups is 1. The lowest BCUT2D eigenvalue weighted by Crippen LogP contribution is -2.30. The first-order chi connectivity index (χ1) is 7.75. The summed E-state index contributed by atoms with van der Waals surface area (Å²) < 4.78 is 12.8. The third kappa shape index (κ3) is 3.37. The summed E-state index contributed by atoms with van der Waals surface area (Å²) in [7, 11) is 0. The van der Waals surface area contributed by atoms with Crippen LogP contribution in [0.4, 0.5) is 4.39 Å². The third-order valence-electron chi connectivity index (χ3n) is 2.77. The zero-order valence-electron chi connectivity index (χ0n) is 9.01. The molecule has 1 atom stereocenters. The first-order valence-corrected chi connectivity index (χ1v) is 7.04. The minimum Gasteiger partial charge on any atom is -0.313 e. The quantitative estimate of drug-likeness (QED) is 0.892. The van der Waals surface area contributed by atoms with Gasteiger partial charge in [-0.1, -0.05) is 17.7 Å². The highest BCUT2D eigenvalue weighted by atomic mass is 35.5. The molecule has 0 aromatic heterocycles. The van der Waals surface area contributed by atoms with Gasteiger partial charge >= 0.3 is 0 Å². The van der Waals surface area contributed by atoms with Crippen LogP contribution < -0.4 is 5.32 Å². The van der Waals surface area contributed by atoms with E-state index in [0.717, 1.165) is 18.5 Å². The summed E-state index contributed by atoms with van der Waals surface area (Å²) >= 11 is 7.95. The Hall–Kier alpha value is -0.250. The molecule has 88 valence electrons. The second-order valence-corrected chi connectivity index (χ2v) is 5.56. The highest BCUT2D eigenvalue weighted by Gasteiger charge is 2.14. The minimum absolute atomic E-state index is 0.270. The maximum Gasteiger partial charge on any atom is 0.124 e. The molecule has 0 saturated carbocycles. The molecule has 1 aromatic rings. The van der Waals surface area contributed by atoms with Crippen molar-refractivity contribution in [2.24, 2.45) is 0 Å². The van der Waals surface area contributed by atoms with Crippen molar-refractivity contribution in [3.63, 3.8) is 0 Å². The fourth-order valence-electron chi connectivity index (χ4n) is 1.83. The molecule has 0 spiro atoms. The van der Waals surface area contributed by atoms with Gasteiger partial charge in [-0.05, 0) is 42.8 Å². The molecular formula is C12H15ClFNS. The largest absolute Gasteiger partial charge is 0.313 e. The molecule has 0 bridgehead atoms. The standard InChI is InChI=1S/C12H15ClFNS/c13-12-7-10(14)2-1-9(12)3-5-15-11-4-6-16-8-11/h1-2,7,11,15H,3-6,8H2. The van der Waals surface area contributed by atoms with E-state index in [1.165, 1.54) is 30.1 Å². The van der Waals surface area contributed by atoms with E-state index in [-0.39, 0.29) is 5.82 Å². The Labute approximate surface area is 105 Å². The summed E-state index contributed by atoms with van der Waals surface area (Å²) in [6, 6.07) is 5.25. The lowest BCUT2D eigenvalue weighted by molar-refractivity contribution is 0.560. The molecule has 16 heavy (non-hydrogen) atoms. The second kappa shape index (κ2) is 5.89. The average Bonchev–Trinajstić information content (AvgIpc) is 2.74. The van der Waals surface area contributed by atoms with Crippen LogP contribution in [0.15, 0.2) is 18.2 Å². The Morgan fingerprint density at radius 2 is 2.38 bits per heavy atom. The Morgan fingerprint density at radius 3 is 3.06 bits per heavy atom. The normalized spacial score (nSPS) is 20.2. The van der Waals surface area contributed by atoms with Crippen LogP contribution in [0.2, 0.25) is 5.02 Å². The number of hydrogen-bond donors (Lipinski definition) is 1. The number of rotatable bonds is 4. The summed E-state index contributed by atoms with van der Waals surface area (Å²) in [6.07, 6.45) is 2.11. The first-order valence-electron chi connectivity index (χ1n) is 5.51. The molecule has 0 amide bonds. The molecule has 1 aromatic carbocycles. The molecule has 1 saturated heterocycles. The molecule has 1 unspecified atom stereocenters. The predicted octanol–water partition coefficient (Wildman–Crippen LogP) is 3.12. The van der Waals surface area contributed by atoms with Crippen LogP contribution in [0.1, 0.15) is 12.0 Å². The smallest absolute Gasteiger partial charge is 0.124 e. The van der Waals surface area contributed by atoms with Gasteiger partial charge in [0.2, 0.25) is 0 Å². The van der Waals surface area contributed by atoms with E-state index in [4.69, 9.17) is 11.6 Å². The van der Waals surface area contributed by atoms with Gasteiger partial charge in [-0.25, -0.2) is 4.39 Å². The molecule has 0 radical (unpaired) electrons. The van der Waals surface area contributed by atoms with E-state index in [2.05, 4.69) is 5.32 Å². The fourth-order valence-corrected chi connectivity index (χ4v) is 3.28. The summed E-state index contributed by atoms with van der Waals surface area (Å²) in [5.41, 5.74) is 1.02. The van der Waals surface area contributed by atoms with E-state index in [1.54, 1.807) is 6.07 Å². The second-order valence-electron chi connectivity index (χ2n) is 4.00. The van der Waals surface area contributed by atoms with Crippen LogP contribution in [-0.4, -0.2) is 24.1 Å². The first kappa shape index (κ1) is 12.2. The van der Waals surface area contributed by atoms with E-state index < -0.39 is 0 Å². The minimum atomic E-state index is -0.270. The van der Waals surface area contributed by atoms with Crippen LogP contribution in [-0.2, 0) is 6.42 Å². The third-order valence-corrected chi connectivity index (χ3v) is 4.29. The van der Waals surface area contributed by atoms with E-state index in [9.17, 15) is 4.39 Å². The van der Waals surface area contributed by atoms with Gasteiger partial charge in [-0.3, -0.25) is 0 Å². The molecule has 1 aliphatic heterocycles. The zero-order chi connectivity index (χ0) is 11.4. The summed E-state index contributed by atoms with van der Waals surface area (Å²) in [4.78, 5) is 0. The van der Waals surface area contributed by atoms with Crippen molar-refractivity contribution in [1.29, 1.82) is 0 Å². The van der Waals surface area contributed by atoms with E-state index >= 15 is 0 Å². The molecule has 1 heterocycles. The molecule has 1 aliphatic rings. The van der Waals surface area contributed by atoms with Gasteiger partial charge in [0, 0.05) is 16.8 Å². The summed E-state index contributed by atoms with van der Waals surface area (Å²) in [5, 5.41) is 4.03. The van der Waals surface area contributed by atoms with Crippen molar-refractivity contribution in [1.82, 2.24) is 5.32 Å². The van der Waals surface area contributed by atoms with Gasteiger partial charge in [-0.2, -0.15) is 11.8 Å². The molecule has 2 rings (SSSR count). The van der Waals surface area contributed by atoms with Gasteiger partial charge in [0.1, 0.15) is 5.82 Å². The molecule has 0 aliphatic carbocycles. The van der Waals surface area contributed by atoms with Crippen LogP contribution in [0.25, 0.3) is 0 Å². The van der Waals surface area contributed by atoms with Crippen molar-refractivity contribution in [2.75, 3.05) is 18.1 Å². The van der Waals surface area contributed by atoms with Crippen molar-refractivity contribution in [3.8, 4) is 0 Å². The van der Waals surface area contributed by atoms with E-state index in [0.29, 0.717) is 11.1 Å². The lowest BCUT2D eigenvalue weighted by Gasteiger charge is -2.11. The van der Waals surface area contributed by atoms with Gasteiger partial charge in [0.05, 0.1) is 0 Å². The van der Waals surface area contributed by atoms with Crippen molar-refractivity contribution in [3.05, 3.63) is 34.6 Å². The Morgan fingerprint density at radius 1 is 1.50 bits per heavy atom. The Balaban J connectivity index is 1.80. The monoisotopic (exact) mass is 259 g/mol. The van der Waals surface area contributed by atoms with Crippen molar-refractivity contribution in [2.45, 2.75) is 18.9 Å². The van der Waals surface area contributed by atoms with Gasteiger partial charge < -0.3 is 5.32 Å². The van der Waals surface area contributed by atoms with Crippen LogP contribution >= 0.6 is 23.4 Å². The number of nitrogens with one attached hydrogen (secondary N) is 1. The summed E-state index contributed by atoms with van der Waals surface area (Å²) in [6.45, 7) is 0.913.